The molecule has 1 N–H and O–H groups in total. The molecule has 0 aliphatic rings. The fraction of sp³-hybridized carbons (Fsp3) is 0.385. The number of carbonyl (C=O) groups excluding carboxylic acids is 2. The number of benzene rings is 2. The molecule has 6 heteroatoms. The lowest BCUT2D eigenvalue weighted by atomic mass is 10.0. The maximum Gasteiger partial charge on any atom is 0.328 e. The number of nitrogens with zero attached hydrogens (tertiary/aromatic N) is 1. The molecule has 2 rings (SSSR count). The highest BCUT2D eigenvalue weighted by Crippen LogP contribution is 2.20. The highest BCUT2D eigenvalue weighted by Gasteiger charge is 2.23. The Morgan fingerprint density at radius 3 is 2.38 bits per heavy atom. The van der Waals surface area contributed by atoms with Gasteiger partial charge in [0.2, 0.25) is 0 Å². The van der Waals surface area contributed by atoms with Crippen LogP contribution in [0.15, 0.2) is 54.6 Å². The van der Waals surface area contributed by atoms with E-state index in [0.29, 0.717) is 25.1 Å². The maximum atomic E-state index is 12.9. The topological polar surface area (TPSA) is 67.9 Å². The number of carbonyl (C=O) groups is 2. The van der Waals surface area contributed by atoms with Gasteiger partial charge in [0.05, 0.1) is 25.8 Å². The molecule has 0 fully saturated rings. The zero-order valence-electron chi connectivity index (χ0n) is 19.3. The van der Waals surface area contributed by atoms with Crippen LogP contribution in [-0.4, -0.2) is 56.7 Å². The van der Waals surface area contributed by atoms with Crippen molar-refractivity contribution in [2.24, 2.45) is 0 Å². The van der Waals surface area contributed by atoms with Gasteiger partial charge in [0.1, 0.15) is 6.04 Å². The Balaban J connectivity index is 2.14. The van der Waals surface area contributed by atoms with Gasteiger partial charge in [-0.05, 0) is 44.2 Å². The Morgan fingerprint density at radius 1 is 1.09 bits per heavy atom. The van der Waals surface area contributed by atoms with Crippen LogP contribution in [0.2, 0.25) is 0 Å². The highest BCUT2D eigenvalue weighted by molar-refractivity contribution is 5.96. The first-order valence-corrected chi connectivity index (χ1v) is 10.7. The monoisotopic (exact) mass is 436 g/mol. The third kappa shape index (κ3) is 7.52. The molecule has 2 unspecified atom stereocenters. The number of likely N-dealkylation sites (N-methyl/N-ethyl adjacent to an activating group) is 1. The molecule has 0 aliphatic heterocycles. The standard InChI is InChI=1S/C26H32N2O4/c1-5-7-17-28(3)24(19-31-4)21-13-15-22(16-14-21)25(29)27-23(26(30)32-6-2)18-20-11-9-8-10-12-20/h8-16,23-24H,6,17-19H2,1-4H3,(H,27,29). The summed E-state index contributed by atoms with van der Waals surface area (Å²) in [5.41, 5.74) is 2.44. The van der Waals surface area contributed by atoms with Gasteiger partial charge in [-0.15, -0.1) is 5.92 Å². The predicted octanol–water partition coefficient (Wildman–Crippen LogP) is 3.23. The molecule has 2 atom stereocenters. The van der Waals surface area contributed by atoms with Crippen LogP contribution in [0.3, 0.4) is 0 Å². The van der Waals surface area contributed by atoms with E-state index in [1.54, 1.807) is 26.2 Å². The third-order valence-electron chi connectivity index (χ3n) is 5.08. The minimum atomic E-state index is -0.760. The Bertz CT molecular complexity index is 916. The summed E-state index contributed by atoms with van der Waals surface area (Å²) in [6.07, 6.45) is 0.364. The number of ether oxygens (including phenoxy) is 2. The smallest absolute Gasteiger partial charge is 0.328 e. The summed E-state index contributed by atoms with van der Waals surface area (Å²) < 4.78 is 10.5. The van der Waals surface area contributed by atoms with Crippen molar-refractivity contribution in [2.45, 2.75) is 32.4 Å². The van der Waals surface area contributed by atoms with E-state index in [2.05, 4.69) is 22.1 Å². The summed E-state index contributed by atoms with van der Waals surface area (Å²) in [6.45, 7) is 4.94. The molecule has 2 aromatic rings. The molecular weight excluding hydrogens is 404 g/mol. The molecule has 0 bridgehead atoms. The van der Waals surface area contributed by atoms with Gasteiger partial charge in [-0.1, -0.05) is 48.4 Å². The molecule has 0 radical (unpaired) electrons. The zero-order valence-corrected chi connectivity index (χ0v) is 19.3. The highest BCUT2D eigenvalue weighted by atomic mass is 16.5. The lowest BCUT2D eigenvalue weighted by molar-refractivity contribution is -0.145. The average Bonchev–Trinajstić information content (AvgIpc) is 2.81. The molecule has 170 valence electrons. The van der Waals surface area contributed by atoms with E-state index in [-0.39, 0.29) is 18.6 Å². The van der Waals surface area contributed by atoms with Crippen LogP contribution in [0, 0.1) is 11.8 Å². The number of amides is 1. The molecule has 0 saturated heterocycles. The first kappa shape index (κ1) is 25.1. The summed E-state index contributed by atoms with van der Waals surface area (Å²) in [4.78, 5) is 27.4. The third-order valence-corrected chi connectivity index (χ3v) is 5.08. The molecule has 0 aromatic heterocycles. The second-order valence-electron chi connectivity index (χ2n) is 7.40. The molecule has 0 saturated carbocycles. The quantitative estimate of drug-likeness (QED) is 0.433. The van der Waals surface area contributed by atoms with Crippen molar-refractivity contribution < 1.29 is 19.1 Å². The van der Waals surface area contributed by atoms with Crippen LogP contribution in [0.25, 0.3) is 0 Å². The molecule has 1 amide bonds. The second-order valence-corrected chi connectivity index (χ2v) is 7.40. The predicted molar refractivity (Wildman–Crippen MR) is 125 cm³/mol. The first-order chi connectivity index (χ1) is 15.5. The van der Waals surface area contributed by atoms with Crippen molar-refractivity contribution >= 4 is 11.9 Å². The van der Waals surface area contributed by atoms with Gasteiger partial charge >= 0.3 is 5.97 Å². The summed E-state index contributed by atoms with van der Waals surface area (Å²) in [5.74, 6) is 5.20. The molecule has 0 aliphatic carbocycles. The van der Waals surface area contributed by atoms with Crippen LogP contribution >= 0.6 is 0 Å². The van der Waals surface area contributed by atoms with Gasteiger partial charge in [0.15, 0.2) is 0 Å². The Kier molecular flexibility index (Phi) is 10.5. The summed E-state index contributed by atoms with van der Waals surface area (Å²) in [5, 5.41) is 2.82. The fourth-order valence-electron chi connectivity index (χ4n) is 3.33. The van der Waals surface area contributed by atoms with Crippen molar-refractivity contribution in [3.05, 3.63) is 71.3 Å². The van der Waals surface area contributed by atoms with Gasteiger partial charge in [-0.2, -0.15) is 0 Å². The van der Waals surface area contributed by atoms with Crippen LogP contribution in [0.4, 0.5) is 0 Å². The second kappa shape index (κ2) is 13.3. The Morgan fingerprint density at radius 2 is 1.78 bits per heavy atom. The van der Waals surface area contributed by atoms with Crippen LogP contribution in [0.5, 0.6) is 0 Å². The molecule has 0 heterocycles. The molecule has 32 heavy (non-hydrogen) atoms. The summed E-state index contributed by atoms with van der Waals surface area (Å²) >= 11 is 0. The summed E-state index contributed by atoms with van der Waals surface area (Å²) in [7, 11) is 3.65. The molecule has 6 nitrogen and oxygen atoms in total. The van der Waals surface area contributed by atoms with Gasteiger partial charge in [0.25, 0.3) is 5.91 Å². The number of hydrogen-bond donors (Lipinski definition) is 1. The van der Waals surface area contributed by atoms with E-state index in [1.807, 2.05) is 56.4 Å². The van der Waals surface area contributed by atoms with Crippen LogP contribution in [0.1, 0.15) is 41.4 Å². The fourth-order valence-corrected chi connectivity index (χ4v) is 3.33. The lowest BCUT2D eigenvalue weighted by Gasteiger charge is -2.26. The van der Waals surface area contributed by atoms with E-state index in [1.165, 1.54) is 0 Å². The van der Waals surface area contributed by atoms with Crippen molar-refractivity contribution in [2.75, 3.05) is 33.9 Å². The van der Waals surface area contributed by atoms with Gasteiger partial charge in [0, 0.05) is 19.1 Å². The van der Waals surface area contributed by atoms with Crippen molar-refractivity contribution in [3.8, 4) is 11.8 Å². The minimum absolute atomic E-state index is 0.0170. The Hall–Kier alpha value is -3.14. The minimum Gasteiger partial charge on any atom is -0.464 e. The van der Waals surface area contributed by atoms with Crippen LogP contribution < -0.4 is 5.32 Å². The van der Waals surface area contributed by atoms with Gasteiger partial charge in [-0.25, -0.2) is 4.79 Å². The van der Waals surface area contributed by atoms with Gasteiger partial charge < -0.3 is 14.8 Å². The van der Waals surface area contributed by atoms with E-state index >= 15 is 0 Å². The van der Waals surface area contributed by atoms with Crippen molar-refractivity contribution in [1.29, 1.82) is 0 Å². The maximum absolute atomic E-state index is 12.9. The van der Waals surface area contributed by atoms with Crippen molar-refractivity contribution in [3.63, 3.8) is 0 Å². The van der Waals surface area contributed by atoms with Crippen LogP contribution in [-0.2, 0) is 20.7 Å². The molecule has 0 spiro atoms. The number of hydrogen-bond acceptors (Lipinski definition) is 5. The van der Waals surface area contributed by atoms with E-state index in [0.717, 1.165) is 11.1 Å². The first-order valence-electron chi connectivity index (χ1n) is 10.7. The van der Waals surface area contributed by atoms with E-state index < -0.39 is 12.0 Å². The number of nitrogens with one attached hydrogen (secondary N) is 1. The zero-order chi connectivity index (χ0) is 23.3. The average molecular weight is 437 g/mol. The number of methoxy groups -OCH3 is 1. The van der Waals surface area contributed by atoms with E-state index in [9.17, 15) is 9.59 Å². The lowest BCUT2D eigenvalue weighted by Crippen LogP contribution is -2.43. The molecular formula is C26H32N2O4. The van der Waals surface area contributed by atoms with Gasteiger partial charge in [-0.3, -0.25) is 9.69 Å². The Labute approximate surface area is 190 Å². The molecule has 2 aromatic carbocycles. The van der Waals surface area contributed by atoms with E-state index in [4.69, 9.17) is 9.47 Å². The normalized spacial score (nSPS) is 12.4. The number of esters is 1. The SMILES string of the molecule is CC#CCN(C)C(COC)c1ccc(C(=O)NC(Cc2ccccc2)C(=O)OCC)cc1. The summed E-state index contributed by atoms with van der Waals surface area (Å²) in [6, 6.07) is 16.1. The number of rotatable bonds is 11. The largest absolute Gasteiger partial charge is 0.464 e. The van der Waals surface area contributed by atoms with Crippen molar-refractivity contribution in [1.82, 2.24) is 10.2 Å².